The van der Waals surface area contributed by atoms with Gasteiger partial charge in [0.2, 0.25) is 0 Å². The first-order valence-corrected chi connectivity index (χ1v) is 6.27. The number of amides is 1. The Labute approximate surface area is 107 Å². The summed E-state index contributed by atoms with van der Waals surface area (Å²) < 4.78 is 0. The van der Waals surface area contributed by atoms with Gasteiger partial charge in [-0.3, -0.25) is 14.6 Å². The van der Waals surface area contributed by atoms with Crippen LogP contribution in [0.3, 0.4) is 0 Å². The highest BCUT2D eigenvalue weighted by atomic mass is 16.2. The molecule has 0 N–H and O–H groups in total. The van der Waals surface area contributed by atoms with Crippen molar-refractivity contribution in [1.82, 2.24) is 9.88 Å². The van der Waals surface area contributed by atoms with E-state index in [1.165, 1.54) is 4.90 Å². The second-order valence-corrected chi connectivity index (χ2v) is 4.99. The van der Waals surface area contributed by atoms with Crippen LogP contribution in [0.25, 0.3) is 0 Å². The Hall–Kier alpha value is -1.71. The molecule has 0 atom stereocenters. The van der Waals surface area contributed by atoms with Gasteiger partial charge in [0, 0.05) is 33.1 Å². The first-order valence-electron chi connectivity index (χ1n) is 6.27. The lowest BCUT2D eigenvalue weighted by Gasteiger charge is -2.21. The van der Waals surface area contributed by atoms with E-state index >= 15 is 0 Å². The number of hydrogen-bond donors (Lipinski definition) is 0. The van der Waals surface area contributed by atoms with E-state index in [9.17, 15) is 9.59 Å². The molecule has 4 nitrogen and oxygen atoms in total. The van der Waals surface area contributed by atoms with Crippen LogP contribution in [0.2, 0.25) is 0 Å². The highest BCUT2D eigenvalue weighted by Crippen LogP contribution is 2.31. The third kappa shape index (κ3) is 2.75. The molecule has 18 heavy (non-hydrogen) atoms. The van der Waals surface area contributed by atoms with Crippen LogP contribution in [-0.2, 0) is 4.79 Å². The van der Waals surface area contributed by atoms with Gasteiger partial charge in [0.25, 0.3) is 5.91 Å². The molecule has 1 aliphatic carbocycles. The summed E-state index contributed by atoms with van der Waals surface area (Å²) in [6.07, 6.45) is 4.77. The summed E-state index contributed by atoms with van der Waals surface area (Å²) in [6, 6.07) is 3.82. The molecule has 1 aromatic heterocycles. The van der Waals surface area contributed by atoms with Crippen LogP contribution in [0.15, 0.2) is 18.3 Å². The fourth-order valence-corrected chi connectivity index (χ4v) is 2.32. The fourth-order valence-electron chi connectivity index (χ4n) is 2.32. The van der Waals surface area contributed by atoms with Gasteiger partial charge in [-0.05, 0) is 36.5 Å². The average Bonchev–Trinajstić information content (AvgIpc) is 2.38. The maximum Gasteiger partial charge on any atom is 0.271 e. The molecule has 4 heteroatoms. The molecule has 0 aliphatic heterocycles. The van der Waals surface area contributed by atoms with Crippen LogP contribution in [0.4, 0.5) is 0 Å². The Morgan fingerprint density at radius 1 is 1.33 bits per heavy atom. The molecule has 1 aromatic rings. The first kappa shape index (κ1) is 12.7. The summed E-state index contributed by atoms with van der Waals surface area (Å²) >= 11 is 0. The minimum atomic E-state index is -0.0799. The fraction of sp³-hybridized carbons (Fsp3) is 0.500. The van der Waals surface area contributed by atoms with Crippen LogP contribution < -0.4 is 0 Å². The van der Waals surface area contributed by atoms with Crippen molar-refractivity contribution in [2.45, 2.75) is 31.6 Å². The summed E-state index contributed by atoms with van der Waals surface area (Å²) in [5.41, 5.74) is 1.61. The highest BCUT2D eigenvalue weighted by Gasteiger charge is 2.21. The van der Waals surface area contributed by atoms with Gasteiger partial charge in [-0.15, -0.1) is 0 Å². The smallest absolute Gasteiger partial charge is 0.271 e. The standard InChI is InChI=1S/C14H18N2O2/c1-16(2)14(18)13-9-11(7-8-15-13)10-3-5-12(17)6-4-10/h7-10H,3-6H2,1-2H3. The van der Waals surface area contributed by atoms with Gasteiger partial charge in [0.05, 0.1) is 0 Å². The molecule has 2 rings (SSSR count). The Bertz CT molecular complexity index is 459. The van der Waals surface area contributed by atoms with E-state index in [2.05, 4.69) is 4.98 Å². The Balaban J connectivity index is 2.17. The Morgan fingerprint density at radius 2 is 2.00 bits per heavy atom. The molecule has 1 saturated carbocycles. The molecule has 0 unspecified atom stereocenters. The molecule has 1 aliphatic rings. The molecule has 1 heterocycles. The zero-order valence-electron chi connectivity index (χ0n) is 10.8. The summed E-state index contributed by atoms with van der Waals surface area (Å²) in [6.45, 7) is 0. The number of Topliss-reactive ketones (excluding diaryl/α,β-unsaturated/α-hetero) is 1. The van der Waals surface area contributed by atoms with Gasteiger partial charge in [-0.25, -0.2) is 0 Å². The number of rotatable bonds is 2. The summed E-state index contributed by atoms with van der Waals surface area (Å²) in [5.74, 6) is 0.660. The summed E-state index contributed by atoms with van der Waals surface area (Å²) in [4.78, 5) is 28.7. The predicted octanol–water partition coefficient (Wildman–Crippen LogP) is 2.01. The lowest BCUT2D eigenvalue weighted by molar-refractivity contribution is -0.120. The predicted molar refractivity (Wildman–Crippen MR) is 68.5 cm³/mol. The topological polar surface area (TPSA) is 50.3 Å². The van der Waals surface area contributed by atoms with Crippen LogP contribution in [0.1, 0.15) is 47.7 Å². The zero-order chi connectivity index (χ0) is 13.1. The van der Waals surface area contributed by atoms with Gasteiger partial charge < -0.3 is 4.90 Å². The molecule has 0 aromatic carbocycles. The van der Waals surface area contributed by atoms with E-state index in [1.807, 2.05) is 12.1 Å². The highest BCUT2D eigenvalue weighted by molar-refractivity contribution is 5.92. The first-order chi connectivity index (χ1) is 8.58. The van der Waals surface area contributed by atoms with Crippen molar-refractivity contribution < 1.29 is 9.59 Å². The van der Waals surface area contributed by atoms with Gasteiger partial charge >= 0.3 is 0 Å². The van der Waals surface area contributed by atoms with Gasteiger partial charge in [0.15, 0.2) is 0 Å². The van der Waals surface area contributed by atoms with Crippen LogP contribution >= 0.6 is 0 Å². The number of carbonyl (C=O) groups excluding carboxylic acids is 2. The number of ketones is 1. The normalized spacial score (nSPS) is 16.7. The van der Waals surface area contributed by atoms with E-state index in [0.717, 1.165) is 18.4 Å². The minimum absolute atomic E-state index is 0.0799. The minimum Gasteiger partial charge on any atom is -0.343 e. The number of nitrogens with zero attached hydrogens (tertiary/aromatic N) is 2. The van der Waals surface area contributed by atoms with Crippen LogP contribution in [-0.4, -0.2) is 35.7 Å². The Morgan fingerprint density at radius 3 is 2.61 bits per heavy atom. The zero-order valence-corrected chi connectivity index (χ0v) is 10.8. The number of aromatic nitrogens is 1. The molecular weight excluding hydrogens is 228 g/mol. The lowest BCUT2D eigenvalue weighted by atomic mass is 9.83. The SMILES string of the molecule is CN(C)C(=O)c1cc(C2CCC(=O)CC2)ccn1. The van der Waals surface area contributed by atoms with Gasteiger partial charge in [-0.1, -0.05) is 0 Å². The quantitative estimate of drug-likeness (QED) is 0.802. The summed E-state index contributed by atoms with van der Waals surface area (Å²) in [5, 5.41) is 0. The van der Waals surface area contributed by atoms with E-state index in [-0.39, 0.29) is 5.91 Å². The lowest BCUT2D eigenvalue weighted by Crippen LogP contribution is -2.23. The van der Waals surface area contributed by atoms with Crippen molar-refractivity contribution in [3.63, 3.8) is 0 Å². The van der Waals surface area contributed by atoms with E-state index in [4.69, 9.17) is 0 Å². The van der Waals surface area contributed by atoms with Crippen molar-refractivity contribution in [3.8, 4) is 0 Å². The van der Waals surface area contributed by atoms with Crippen LogP contribution in [0, 0.1) is 0 Å². The molecule has 0 spiro atoms. The third-order valence-electron chi connectivity index (χ3n) is 3.42. The van der Waals surface area contributed by atoms with E-state index in [0.29, 0.717) is 30.2 Å². The summed E-state index contributed by atoms with van der Waals surface area (Å²) in [7, 11) is 3.44. The Kier molecular flexibility index (Phi) is 3.75. The average molecular weight is 246 g/mol. The van der Waals surface area contributed by atoms with Gasteiger partial charge in [-0.2, -0.15) is 0 Å². The second-order valence-electron chi connectivity index (χ2n) is 4.99. The second kappa shape index (κ2) is 5.29. The number of pyridine rings is 1. The molecule has 0 bridgehead atoms. The largest absolute Gasteiger partial charge is 0.343 e. The van der Waals surface area contributed by atoms with Crippen LogP contribution in [0.5, 0.6) is 0 Å². The molecule has 1 amide bonds. The molecule has 0 saturated heterocycles. The monoisotopic (exact) mass is 246 g/mol. The number of carbonyl (C=O) groups is 2. The van der Waals surface area contributed by atoms with Crippen molar-refractivity contribution in [1.29, 1.82) is 0 Å². The van der Waals surface area contributed by atoms with Crippen molar-refractivity contribution in [2.24, 2.45) is 0 Å². The molecular formula is C14H18N2O2. The maximum atomic E-state index is 11.8. The maximum absolute atomic E-state index is 11.8. The van der Waals surface area contributed by atoms with Crippen molar-refractivity contribution >= 4 is 11.7 Å². The van der Waals surface area contributed by atoms with E-state index in [1.54, 1.807) is 20.3 Å². The molecule has 1 fully saturated rings. The van der Waals surface area contributed by atoms with Gasteiger partial charge in [0.1, 0.15) is 11.5 Å². The van der Waals surface area contributed by atoms with Crippen molar-refractivity contribution in [2.75, 3.05) is 14.1 Å². The number of hydrogen-bond acceptors (Lipinski definition) is 3. The molecule has 96 valence electrons. The third-order valence-corrected chi connectivity index (χ3v) is 3.42. The molecule has 0 radical (unpaired) electrons. The van der Waals surface area contributed by atoms with E-state index < -0.39 is 0 Å². The van der Waals surface area contributed by atoms with Crippen molar-refractivity contribution in [3.05, 3.63) is 29.6 Å².